The van der Waals surface area contributed by atoms with Gasteiger partial charge in [0.25, 0.3) is 0 Å². The number of pyridine rings is 1. The second-order valence-corrected chi connectivity index (χ2v) is 8.29. The highest BCUT2D eigenvalue weighted by atomic mass is 32.2. The van der Waals surface area contributed by atoms with Gasteiger partial charge in [-0.25, -0.2) is 4.98 Å². The van der Waals surface area contributed by atoms with Gasteiger partial charge in [0.15, 0.2) is 0 Å². The number of rotatable bonds is 6. The highest BCUT2D eigenvalue weighted by Crippen LogP contribution is 2.37. The lowest BCUT2D eigenvalue weighted by Gasteiger charge is -2.38. The molecule has 27 heavy (non-hydrogen) atoms. The number of aryl methyl sites for hydroxylation is 1. The first-order chi connectivity index (χ1) is 13.2. The predicted octanol–water partition coefficient (Wildman–Crippen LogP) is 4.34. The van der Waals surface area contributed by atoms with Crippen molar-refractivity contribution in [1.29, 1.82) is 0 Å². The number of hydrogen-bond donors (Lipinski definition) is 0. The Labute approximate surface area is 165 Å². The summed E-state index contributed by atoms with van der Waals surface area (Å²) in [5.41, 5.74) is 1.24. The van der Waals surface area contributed by atoms with Crippen molar-refractivity contribution >= 4 is 17.7 Å². The molecule has 1 aromatic heterocycles. The Bertz CT molecular complexity index is 752. The van der Waals surface area contributed by atoms with Gasteiger partial charge in [-0.1, -0.05) is 18.2 Å². The van der Waals surface area contributed by atoms with Crippen LogP contribution in [0.15, 0.2) is 53.6 Å². The standard InChI is InChI=1S/C22H26N2O2S/c1-27-20-10-5-16(6-11-20)7-12-22(25)24-17-8-9-18(24)15-19(14-17)26-21-4-2-3-13-23-21/h2-6,10-11,13,17-19H,7-9,12,14-15H2,1H3. The maximum absolute atomic E-state index is 12.9. The number of amides is 1. The molecule has 2 aliphatic rings. The molecule has 0 spiro atoms. The highest BCUT2D eigenvalue weighted by molar-refractivity contribution is 7.98. The fraction of sp³-hybridized carbons (Fsp3) is 0.455. The molecule has 2 bridgehead atoms. The van der Waals surface area contributed by atoms with Crippen LogP contribution in [0.1, 0.15) is 37.7 Å². The van der Waals surface area contributed by atoms with Crippen LogP contribution < -0.4 is 4.74 Å². The average Bonchev–Trinajstić information content (AvgIpc) is 2.98. The van der Waals surface area contributed by atoms with Gasteiger partial charge in [-0.3, -0.25) is 4.79 Å². The summed E-state index contributed by atoms with van der Waals surface area (Å²) in [6.45, 7) is 0. The molecule has 1 amide bonds. The zero-order valence-electron chi connectivity index (χ0n) is 15.7. The summed E-state index contributed by atoms with van der Waals surface area (Å²) >= 11 is 1.74. The third-order valence-corrected chi connectivity index (χ3v) is 6.43. The molecule has 2 aliphatic heterocycles. The molecule has 4 nitrogen and oxygen atoms in total. The highest BCUT2D eigenvalue weighted by Gasteiger charge is 2.43. The molecule has 0 aliphatic carbocycles. The van der Waals surface area contributed by atoms with Crippen LogP contribution in [-0.4, -0.2) is 40.2 Å². The van der Waals surface area contributed by atoms with Crippen LogP contribution in [0, 0.1) is 0 Å². The molecule has 4 rings (SSSR count). The van der Waals surface area contributed by atoms with Crippen molar-refractivity contribution in [3.8, 4) is 5.88 Å². The molecule has 2 fully saturated rings. The molecular weight excluding hydrogens is 356 g/mol. The fourth-order valence-corrected chi connectivity index (χ4v) is 4.80. The van der Waals surface area contributed by atoms with Gasteiger partial charge < -0.3 is 9.64 Å². The van der Waals surface area contributed by atoms with Crippen LogP contribution in [0.25, 0.3) is 0 Å². The Morgan fingerprint density at radius 3 is 2.52 bits per heavy atom. The average molecular weight is 383 g/mol. The van der Waals surface area contributed by atoms with Crippen molar-refractivity contribution in [3.05, 3.63) is 54.2 Å². The number of carbonyl (C=O) groups is 1. The number of benzene rings is 1. The molecule has 1 aromatic carbocycles. The van der Waals surface area contributed by atoms with Crippen molar-refractivity contribution < 1.29 is 9.53 Å². The Morgan fingerprint density at radius 1 is 1.15 bits per heavy atom. The normalized spacial score (nSPS) is 24.0. The number of nitrogens with zero attached hydrogens (tertiary/aromatic N) is 2. The minimum atomic E-state index is 0.167. The van der Waals surface area contributed by atoms with Crippen LogP contribution in [0.2, 0.25) is 0 Å². The summed E-state index contributed by atoms with van der Waals surface area (Å²) in [5, 5.41) is 0. The van der Waals surface area contributed by atoms with E-state index in [0.717, 1.165) is 32.1 Å². The summed E-state index contributed by atoms with van der Waals surface area (Å²) in [6, 6.07) is 14.9. The monoisotopic (exact) mass is 382 g/mol. The first-order valence-corrected chi connectivity index (χ1v) is 11.0. The van der Waals surface area contributed by atoms with E-state index in [-0.39, 0.29) is 6.10 Å². The molecule has 2 aromatic rings. The topological polar surface area (TPSA) is 42.4 Å². The zero-order chi connectivity index (χ0) is 18.6. The summed E-state index contributed by atoms with van der Waals surface area (Å²) in [5.74, 6) is 0.989. The second kappa shape index (κ2) is 8.34. The van der Waals surface area contributed by atoms with E-state index >= 15 is 0 Å². The summed E-state index contributed by atoms with van der Waals surface area (Å²) < 4.78 is 6.06. The van der Waals surface area contributed by atoms with Crippen molar-refractivity contribution in [2.45, 2.75) is 61.6 Å². The van der Waals surface area contributed by atoms with Crippen LogP contribution in [0.5, 0.6) is 5.88 Å². The van der Waals surface area contributed by atoms with Gasteiger partial charge in [-0.2, -0.15) is 0 Å². The molecular formula is C22H26N2O2S. The van der Waals surface area contributed by atoms with Crippen LogP contribution in [0.3, 0.4) is 0 Å². The number of piperidine rings is 1. The van der Waals surface area contributed by atoms with E-state index in [1.807, 2.05) is 18.2 Å². The van der Waals surface area contributed by atoms with Crippen LogP contribution in [0.4, 0.5) is 0 Å². The quantitative estimate of drug-likeness (QED) is 0.697. The molecule has 2 saturated heterocycles. The number of carbonyl (C=O) groups excluding carboxylic acids is 1. The molecule has 0 radical (unpaired) electrons. The first-order valence-electron chi connectivity index (χ1n) is 9.74. The minimum absolute atomic E-state index is 0.167. The summed E-state index contributed by atoms with van der Waals surface area (Å²) in [4.78, 5) is 20.6. The maximum Gasteiger partial charge on any atom is 0.223 e. The van der Waals surface area contributed by atoms with Crippen molar-refractivity contribution in [2.24, 2.45) is 0 Å². The van der Waals surface area contributed by atoms with Crippen molar-refractivity contribution in [2.75, 3.05) is 6.26 Å². The third kappa shape index (κ3) is 4.29. The Kier molecular flexibility index (Phi) is 5.67. The maximum atomic E-state index is 12.9. The van der Waals surface area contributed by atoms with Crippen LogP contribution in [-0.2, 0) is 11.2 Å². The van der Waals surface area contributed by atoms with Crippen LogP contribution >= 0.6 is 11.8 Å². The lowest BCUT2D eigenvalue weighted by molar-refractivity contribution is -0.137. The minimum Gasteiger partial charge on any atom is -0.474 e. The molecule has 142 valence electrons. The largest absolute Gasteiger partial charge is 0.474 e. The lowest BCUT2D eigenvalue weighted by Crippen LogP contribution is -2.49. The molecule has 0 saturated carbocycles. The number of ether oxygens (including phenoxy) is 1. The number of fused-ring (bicyclic) bond motifs is 2. The number of thioether (sulfide) groups is 1. The molecule has 2 unspecified atom stereocenters. The molecule has 3 heterocycles. The van der Waals surface area contributed by atoms with Gasteiger partial charge in [-0.15, -0.1) is 11.8 Å². The molecule has 2 atom stereocenters. The van der Waals surface area contributed by atoms with Crippen molar-refractivity contribution in [3.63, 3.8) is 0 Å². The second-order valence-electron chi connectivity index (χ2n) is 7.41. The van der Waals surface area contributed by atoms with Gasteiger partial charge in [0, 0.05) is 48.5 Å². The van der Waals surface area contributed by atoms with Gasteiger partial charge in [0.2, 0.25) is 11.8 Å². The van der Waals surface area contributed by atoms with E-state index in [1.165, 1.54) is 10.5 Å². The summed E-state index contributed by atoms with van der Waals surface area (Å²) in [7, 11) is 0. The lowest BCUT2D eigenvalue weighted by atomic mass is 9.98. The van der Waals surface area contributed by atoms with Gasteiger partial charge >= 0.3 is 0 Å². The van der Waals surface area contributed by atoms with Gasteiger partial charge in [0.05, 0.1) is 0 Å². The van der Waals surface area contributed by atoms with E-state index in [4.69, 9.17) is 4.74 Å². The third-order valence-electron chi connectivity index (χ3n) is 5.69. The smallest absolute Gasteiger partial charge is 0.223 e. The van der Waals surface area contributed by atoms with E-state index in [9.17, 15) is 4.79 Å². The van der Waals surface area contributed by atoms with E-state index in [0.29, 0.717) is 30.3 Å². The van der Waals surface area contributed by atoms with E-state index in [2.05, 4.69) is 40.4 Å². The molecule has 5 heteroatoms. The molecule has 0 N–H and O–H groups in total. The predicted molar refractivity (Wildman–Crippen MR) is 108 cm³/mol. The fourth-order valence-electron chi connectivity index (χ4n) is 4.39. The number of hydrogen-bond acceptors (Lipinski definition) is 4. The Morgan fingerprint density at radius 2 is 1.89 bits per heavy atom. The Hall–Kier alpha value is -2.01. The zero-order valence-corrected chi connectivity index (χ0v) is 16.5. The summed E-state index contributed by atoms with van der Waals surface area (Å²) in [6.07, 6.45) is 9.45. The first kappa shape index (κ1) is 18.4. The number of aromatic nitrogens is 1. The SMILES string of the molecule is CSc1ccc(CCC(=O)N2C3CCC2CC(Oc2ccccn2)C3)cc1. The van der Waals surface area contributed by atoms with E-state index < -0.39 is 0 Å². The van der Waals surface area contributed by atoms with Gasteiger partial charge in [0.1, 0.15) is 6.10 Å². The van der Waals surface area contributed by atoms with Crippen molar-refractivity contribution in [1.82, 2.24) is 9.88 Å². The van der Waals surface area contributed by atoms with E-state index in [1.54, 1.807) is 18.0 Å². The van der Waals surface area contributed by atoms with Gasteiger partial charge in [-0.05, 0) is 49.3 Å². The Balaban J connectivity index is 1.32.